The molecule has 0 aromatic heterocycles. The van der Waals surface area contributed by atoms with Gasteiger partial charge in [-0.05, 0) is 91.0 Å². The Bertz CT molecular complexity index is 1400. The highest BCUT2D eigenvalue weighted by Gasteiger charge is 2.39. The maximum Gasteiger partial charge on any atom is 0.250 e. The van der Waals surface area contributed by atoms with E-state index in [-0.39, 0.29) is 22.3 Å². The molecule has 0 aliphatic heterocycles. The molecule has 0 saturated carbocycles. The number of benzene rings is 4. The van der Waals surface area contributed by atoms with E-state index in [4.69, 9.17) is 4.43 Å². The maximum absolute atomic E-state index is 14.7. The van der Waals surface area contributed by atoms with E-state index in [1.807, 2.05) is 6.07 Å². The van der Waals surface area contributed by atoms with E-state index in [0.717, 1.165) is 32.9 Å². The van der Waals surface area contributed by atoms with Gasteiger partial charge >= 0.3 is 0 Å². The van der Waals surface area contributed by atoms with Gasteiger partial charge in [0.25, 0.3) is 0 Å². The Balaban J connectivity index is 1.64. The van der Waals surface area contributed by atoms with Crippen molar-refractivity contribution in [2.45, 2.75) is 69.3 Å². The number of halogens is 2. The fraction of sp³-hybridized carbons (Fsp3) is 0.294. The molecule has 1 nitrogen and oxygen atoms in total. The molecule has 1 atom stereocenters. The standard InChI is InChI=1S/C34H38F2OSSi/c1-23-11-13-25(14-12-23)26-15-17-27(18-16-26)33(22-29-30(35)9-8-10-31(29)36)38-28-19-20-32(24(2)21-28)37-39(6,7)34(3,4)5/h8-21,33H,22H2,1-7H3. The predicted molar refractivity (Wildman–Crippen MR) is 164 cm³/mol. The van der Waals surface area contributed by atoms with Crippen LogP contribution in [-0.2, 0) is 6.42 Å². The molecule has 5 heteroatoms. The van der Waals surface area contributed by atoms with Gasteiger partial charge in [0.15, 0.2) is 0 Å². The van der Waals surface area contributed by atoms with E-state index in [1.54, 1.807) is 11.8 Å². The molecule has 4 aromatic rings. The quantitative estimate of drug-likeness (QED) is 0.157. The zero-order chi connectivity index (χ0) is 28.4. The first kappa shape index (κ1) is 29.1. The minimum atomic E-state index is -1.97. The third kappa shape index (κ3) is 7.01. The van der Waals surface area contributed by atoms with Gasteiger partial charge < -0.3 is 4.43 Å². The Morgan fingerprint density at radius 3 is 1.90 bits per heavy atom. The summed E-state index contributed by atoms with van der Waals surface area (Å²) in [5.74, 6) is -0.109. The Labute approximate surface area is 237 Å². The van der Waals surface area contributed by atoms with Crippen molar-refractivity contribution >= 4 is 20.1 Å². The van der Waals surface area contributed by atoms with Crippen molar-refractivity contribution in [2.24, 2.45) is 0 Å². The summed E-state index contributed by atoms with van der Waals surface area (Å²) in [6, 6.07) is 27.1. The normalized spacial score (nSPS) is 12.8. The number of hydrogen-bond donors (Lipinski definition) is 0. The van der Waals surface area contributed by atoms with Gasteiger partial charge in [0.05, 0.1) is 0 Å². The lowest BCUT2D eigenvalue weighted by molar-refractivity contribution is 0.489. The van der Waals surface area contributed by atoms with Crippen molar-refractivity contribution in [3.63, 3.8) is 0 Å². The zero-order valence-corrected chi connectivity index (χ0v) is 25.8. The second-order valence-corrected chi connectivity index (χ2v) is 17.8. The van der Waals surface area contributed by atoms with Gasteiger partial charge in [0, 0.05) is 15.7 Å². The first-order chi connectivity index (χ1) is 18.3. The van der Waals surface area contributed by atoms with E-state index in [2.05, 4.69) is 108 Å². The molecule has 4 aromatic carbocycles. The first-order valence-corrected chi connectivity index (χ1v) is 17.2. The van der Waals surface area contributed by atoms with Crippen LogP contribution in [0.2, 0.25) is 18.1 Å². The average Bonchev–Trinajstić information content (AvgIpc) is 2.87. The van der Waals surface area contributed by atoms with Gasteiger partial charge in [-0.15, -0.1) is 11.8 Å². The van der Waals surface area contributed by atoms with E-state index < -0.39 is 20.0 Å². The van der Waals surface area contributed by atoms with E-state index in [9.17, 15) is 8.78 Å². The lowest BCUT2D eigenvalue weighted by Gasteiger charge is -2.37. The van der Waals surface area contributed by atoms with E-state index in [1.165, 1.54) is 23.8 Å². The maximum atomic E-state index is 14.7. The molecule has 0 spiro atoms. The highest BCUT2D eigenvalue weighted by atomic mass is 32.2. The second-order valence-electron chi connectivity index (χ2n) is 11.8. The molecule has 0 amide bonds. The van der Waals surface area contributed by atoms with Crippen molar-refractivity contribution in [1.82, 2.24) is 0 Å². The van der Waals surface area contributed by atoms with Gasteiger partial charge in [-0.25, -0.2) is 8.78 Å². The van der Waals surface area contributed by atoms with Crippen LogP contribution < -0.4 is 4.43 Å². The van der Waals surface area contributed by atoms with Crippen LogP contribution in [0.5, 0.6) is 5.75 Å². The monoisotopic (exact) mass is 560 g/mol. The molecule has 0 saturated heterocycles. The summed E-state index contributed by atoms with van der Waals surface area (Å²) >= 11 is 1.63. The molecule has 0 aliphatic rings. The molecular weight excluding hydrogens is 523 g/mol. The smallest absolute Gasteiger partial charge is 0.250 e. The third-order valence-corrected chi connectivity index (χ3v) is 13.3. The lowest BCUT2D eigenvalue weighted by atomic mass is 9.99. The Morgan fingerprint density at radius 1 is 0.795 bits per heavy atom. The van der Waals surface area contributed by atoms with Crippen molar-refractivity contribution in [1.29, 1.82) is 0 Å². The number of aryl methyl sites for hydroxylation is 2. The fourth-order valence-electron chi connectivity index (χ4n) is 4.18. The molecule has 0 radical (unpaired) electrons. The van der Waals surface area contributed by atoms with Crippen LogP contribution in [0.4, 0.5) is 8.78 Å². The summed E-state index contributed by atoms with van der Waals surface area (Å²) in [6.07, 6.45) is 0.244. The lowest BCUT2D eigenvalue weighted by Crippen LogP contribution is -2.44. The molecule has 1 unspecified atom stereocenters. The van der Waals surface area contributed by atoms with Crippen LogP contribution in [0.3, 0.4) is 0 Å². The molecule has 0 bridgehead atoms. The largest absolute Gasteiger partial charge is 0.543 e. The molecule has 39 heavy (non-hydrogen) atoms. The molecule has 4 rings (SSSR count). The van der Waals surface area contributed by atoms with E-state index in [0.29, 0.717) is 0 Å². The number of rotatable bonds is 8. The fourth-order valence-corrected chi connectivity index (χ4v) is 6.53. The predicted octanol–water partition coefficient (Wildman–Crippen LogP) is 10.7. The Kier molecular flexibility index (Phi) is 8.72. The van der Waals surface area contributed by atoms with E-state index >= 15 is 0 Å². The van der Waals surface area contributed by atoms with Gasteiger partial charge in [0.1, 0.15) is 17.4 Å². The highest BCUT2D eigenvalue weighted by molar-refractivity contribution is 7.99. The van der Waals surface area contributed by atoms with Crippen LogP contribution >= 0.6 is 11.8 Å². The summed E-state index contributed by atoms with van der Waals surface area (Å²) in [4.78, 5) is 1.04. The van der Waals surface area contributed by atoms with Crippen LogP contribution in [-0.4, -0.2) is 8.32 Å². The molecule has 0 N–H and O–H groups in total. The number of hydrogen-bond acceptors (Lipinski definition) is 2. The minimum absolute atomic E-state index is 0.104. The van der Waals surface area contributed by atoms with Crippen molar-refractivity contribution in [3.8, 4) is 16.9 Å². The average molecular weight is 561 g/mol. The Morgan fingerprint density at radius 2 is 1.36 bits per heavy atom. The van der Waals surface area contributed by atoms with Crippen molar-refractivity contribution in [2.75, 3.05) is 0 Å². The molecule has 204 valence electrons. The Hall–Kier alpha value is -2.89. The highest BCUT2D eigenvalue weighted by Crippen LogP contribution is 2.42. The molecule has 0 aliphatic carbocycles. The van der Waals surface area contributed by atoms with Crippen LogP contribution in [0.15, 0.2) is 89.8 Å². The summed E-state index contributed by atoms with van der Waals surface area (Å²) in [5, 5.41) is -0.0676. The second kappa shape index (κ2) is 11.7. The number of thioether (sulfide) groups is 1. The van der Waals surface area contributed by atoms with Crippen LogP contribution in [0, 0.1) is 25.5 Å². The molecule has 0 fully saturated rings. The summed E-state index contributed by atoms with van der Waals surface area (Å²) in [6.45, 7) is 15.3. The third-order valence-electron chi connectivity index (χ3n) is 7.71. The SMILES string of the molecule is Cc1ccc(-c2ccc(C(Cc3c(F)cccc3F)Sc3ccc(O[Si](C)(C)C(C)(C)C)c(C)c3)cc2)cc1. The molecular formula is C34H38F2OSSi. The summed E-state index contributed by atoms with van der Waals surface area (Å²) in [7, 11) is -1.97. The van der Waals surface area contributed by atoms with Gasteiger partial charge in [0.2, 0.25) is 8.32 Å². The minimum Gasteiger partial charge on any atom is -0.543 e. The zero-order valence-electron chi connectivity index (χ0n) is 23.9. The van der Waals surface area contributed by atoms with Crippen LogP contribution in [0.1, 0.15) is 48.3 Å². The summed E-state index contributed by atoms with van der Waals surface area (Å²) < 4.78 is 35.9. The molecule has 0 heterocycles. The van der Waals surface area contributed by atoms with Crippen molar-refractivity contribution in [3.05, 3.63) is 119 Å². The summed E-state index contributed by atoms with van der Waals surface area (Å²) in [5.41, 5.74) is 5.68. The van der Waals surface area contributed by atoms with Crippen molar-refractivity contribution < 1.29 is 13.2 Å². The van der Waals surface area contributed by atoms with Gasteiger partial charge in [-0.3, -0.25) is 0 Å². The first-order valence-electron chi connectivity index (χ1n) is 13.4. The van der Waals surface area contributed by atoms with Crippen LogP contribution in [0.25, 0.3) is 11.1 Å². The topological polar surface area (TPSA) is 9.23 Å². The van der Waals surface area contributed by atoms with Gasteiger partial charge in [-0.2, -0.15) is 0 Å². The van der Waals surface area contributed by atoms with Gasteiger partial charge in [-0.1, -0.05) is 80.9 Å².